The van der Waals surface area contributed by atoms with Crippen molar-refractivity contribution in [3.8, 4) is 28.7 Å². The van der Waals surface area contributed by atoms with Gasteiger partial charge in [0, 0.05) is 5.56 Å². The maximum Gasteiger partial charge on any atom is 0.258 e. The Hall–Kier alpha value is -3.59. The lowest BCUT2D eigenvalue weighted by molar-refractivity contribution is -0.00114. The fourth-order valence-corrected chi connectivity index (χ4v) is 3.26. The van der Waals surface area contributed by atoms with E-state index in [0.717, 1.165) is 17.0 Å². The standard InChI is InChI=1S/C20H16FN5O3/c1-27-15-7-5-12(6-8-15)17-10-26-16(11-28-17)18(23-25-26)19-22-20(29-24-19)13-3-2-4-14(21)9-13/h2-9,17H,10-11H2,1H3. The molecule has 3 heterocycles. The third-order valence-corrected chi connectivity index (χ3v) is 4.79. The van der Waals surface area contributed by atoms with Crippen LogP contribution in [0, 0.1) is 5.82 Å². The normalized spacial score (nSPS) is 15.9. The van der Waals surface area contributed by atoms with Crippen LogP contribution in [0.1, 0.15) is 17.4 Å². The minimum Gasteiger partial charge on any atom is -0.497 e. The maximum absolute atomic E-state index is 13.4. The van der Waals surface area contributed by atoms with Crippen molar-refractivity contribution < 1.29 is 18.4 Å². The molecule has 2 aromatic heterocycles. The molecule has 2 aromatic carbocycles. The van der Waals surface area contributed by atoms with Gasteiger partial charge in [-0.2, -0.15) is 4.98 Å². The van der Waals surface area contributed by atoms with Gasteiger partial charge in [-0.1, -0.05) is 28.6 Å². The van der Waals surface area contributed by atoms with Gasteiger partial charge in [0.2, 0.25) is 5.82 Å². The van der Waals surface area contributed by atoms with Crippen LogP contribution in [0.5, 0.6) is 5.75 Å². The van der Waals surface area contributed by atoms with Crippen LogP contribution >= 0.6 is 0 Å². The van der Waals surface area contributed by atoms with Gasteiger partial charge in [0.05, 0.1) is 26.0 Å². The lowest BCUT2D eigenvalue weighted by Crippen LogP contribution is -2.22. The molecule has 0 radical (unpaired) electrons. The van der Waals surface area contributed by atoms with Crippen molar-refractivity contribution in [1.82, 2.24) is 25.1 Å². The van der Waals surface area contributed by atoms with Gasteiger partial charge in [0.15, 0.2) is 5.69 Å². The van der Waals surface area contributed by atoms with Crippen LogP contribution in [-0.2, 0) is 17.9 Å². The summed E-state index contributed by atoms with van der Waals surface area (Å²) < 4.78 is 31.7. The predicted molar refractivity (Wildman–Crippen MR) is 99.2 cm³/mol. The highest BCUT2D eigenvalue weighted by molar-refractivity contribution is 5.58. The summed E-state index contributed by atoms with van der Waals surface area (Å²) >= 11 is 0. The molecule has 0 saturated carbocycles. The molecule has 5 rings (SSSR count). The molecule has 146 valence electrons. The maximum atomic E-state index is 13.4. The highest BCUT2D eigenvalue weighted by atomic mass is 19.1. The van der Waals surface area contributed by atoms with Gasteiger partial charge >= 0.3 is 0 Å². The molecule has 1 unspecified atom stereocenters. The number of aromatic nitrogens is 5. The summed E-state index contributed by atoms with van der Waals surface area (Å²) in [5, 5.41) is 12.4. The van der Waals surface area contributed by atoms with E-state index in [2.05, 4.69) is 20.5 Å². The zero-order chi connectivity index (χ0) is 19.8. The van der Waals surface area contributed by atoms with Crippen LogP contribution in [-0.4, -0.2) is 32.2 Å². The van der Waals surface area contributed by atoms with Crippen molar-refractivity contribution in [2.75, 3.05) is 7.11 Å². The topological polar surface area (TPSA) is 88.1 Å². The smallest absolute Gasteiger partial charge is 0.258 e. The van der Waals surface area contributed by atoms with Crippen molar-refractivity contribution in [3.05, 3.63) is 65.6 Å². The van der Waals surface area contributed by atoms with Gasteiger partial charge in [-0.05, 0) is 35.9 Å². The number of hydrogen-bond acceptors (Lipinski definition) is 7. The molecule has 4 aromatic rings. The molecule has 0 aliphatic carbocycles. The van der Waals surface area contributed by atoms with Crippen molar-refractivity contribution >= 4 is 0 Å². The number of halogens is 1. The van der Waals surface area contributed by atoms with Crippen molar-refractivity contribution in [2.45, 2.75) is 19.3 Å². The number of methoxy groups -OCH3 is 1. The Morgan fingerprint density at radius 2 is 2.03 bits per heavy atom. The van der Waals surface area contributed by atoms with Crippen LogP contribution in [0.4, 0.5) is 4.39 Å². The monoisotopic (exact) mass is 393 g/mol. The summed E-state index contributed by atoms with van der Waals surface area (Å²) in [7, 11) is 1.63. The third kappa shape index (κ3) is 3.25. The quantitative estimate of drug-likeness (QED) is 0.525. The van der Waals surface area contributed by atoms with E-state index in [9.17, 15) is 4.39 Å². The Morgan fingerprint density at radius 1 is 1.17 bits per heavy atom. The van der Waals surface area contributed by atoms with E-state index in [1.54, 1.807) is 23.9 Å². The lowest BCUT2D eigenvalue weighted by atomic mass is 10.1. The first-order valence-electron chi connectivity index (χ1n) is 8.99. The van der Waals surface area contributed by atoms with E-state index in [-0.39, 0.29) is 23.6 Å². The number of ether oxygens (including phenoxy) is 2. The Morgan fingerprint density at radius 3 is 2.83 bits per heavy atom. The van der Waals surface area contributed by atoms with Crippen LogP contribution < -0.4 is 4.74 Å². The van der Waals surface area contributed by atoms with Gasteiger partial charge in [-0.15, -0.1) is 5.10 Å². The summed E-state index contributed by atoms with van der Waals surface area (Å²) in [6.07, 6.45) is -0.143. The minimum atomic E-state index is -0.374. The zero-order valence-electron chi connectivity index (χ0n) is 15.4. The average Bonchev–Trinajstić information content (AvgIpc) is 3.40. The summed E-state index contributed by atoms with van der Waals surface area (Å²) in [5.74, 6) is 0.923. The molecule has 8 nitrogen and oxygen atoms in total. The van der Waals surface area contributed by atoms with Crippen LogP contribution in [0.25, 0.3) is 23.0 Å². The van der Waals surface area contributed by atoms with Gasteiger partial charge in [-0.25, -0.2) is 9.07 Å². The zero-order valence-corrected chi connectivity index (χ0v) is 15.4. The number of nitrogens with zero attached hydrogens (tertiary/aromatic N) is 5. The second-order valence-electron chi connectivity index (χ2n) is 6.57. The van der Waals surface area contributed by atoms with Crippen molar-refractivity contribution in [2.24, 2.45) is 0 Å². The minimum absolute atomic E-state index is 0.143. The fourth-order valence-electron chi connectivity index (χ4n) is 3.26. The SMILES string of the molecule is COc1ccc(C2Cn3nnc(-c4noc(-c5cccc(F)c5)n4)c3CO2)cc1. The van der Waals surface area contributed by atoms with Gasteiger partial charge in [0.1, 0.15) is 17.7 Å². The molecule has 0 fully saturated rings. The number of hydrogen-bond donors (Lipinski definition) is 0. The highest BCUT2D eigenvalue weighted by Crippen LogP contribution is 2.31. The second-order valence-corrected chi connectivity index (χ2v) is 6.57. The van der Waals surface area contributed by atoms with Gasteiger partial charge < -0.3 is 14.0 Å². The molecule has 29 heavy (non-hydrogen) atoms. The molecule has 1 atom stereocenters. The Kier molecular flexibility index (Phi) is 4.28. The first-order valence-corrected chi connectivity index (χ1v) is 8.99. The van der Waals surface area contributed by atoms with E-state index in [1.807, 2.05) is 24.3 Å². The molecular formula is C20H16FN5O3. The molecule has 0 spiro atoms. The molecule has 1 aliphatic heterocycles. The molecule has 0 N–H and O–H groups in total. The van der Waals surface area contributed by atoms with E-state index in [0.29, 0.717) is 24.4 Å². The highest BCUT2D eigenvalue weighted by Gasteiger charge is 2.27. The number of fused-ring (bicyclic) bond motifs is 1. The predicted octanol–water partition coefficient (Wildman–Crippen LogP) is 3.41. The summed E-state index contributed by atoms with van der Waals surface area (Å²) in [6.45, 7) is 0.826. The van der Waals surface area contributed by atoms with E-state index in [4.69, 9.17) is 14.0 Å². The molecular weight excluding hydrogens is 377 g/mol. The van der Waals surface area contributed by atoms with Crippen LogP contribution in [0.3, 0.4) is 0 Å². The van der Waals surface area contributed by atoms with E-state index < -0.39 is 0 Å². The van der Waals surface area contributed by atoms with Crippen molar-refractivity contribution in [3.63, 3.8) is 0 Å². The molecule has 0 saturated heterocycles. The first kappa shape index (κ1) is 17.5. The third-order valence-electron chi connectivity index (χ3n) is 4.79. The molecule has 0 amide bonds. The first-order chi connectivity index (χ1) is 14.2. The van der Waals surface area contributed by atoms with Crippen molar-refractivity contribution in [1.29, 1.82) is 0 Å². The van der Waals surface area contributed by atoms with Crippen LogP contribution in [0.2, 0.25) is 0 Å². The average molecular weight is 393 g/mol. The summed E-state index contributed by atoms with van der Waals surface area (Å²) in [5.41, 5.74) is 2.79. The Balaban J connectivity index is 1.39. The Labute approximate surface area is 164 Å². The molecule has 1 aliphatic rings. The fraction of sp³-hybridized carbons (Fsp3) is 0.200. The lowest BCUT2D eigenvalue weighted by Gasteiger charge is -2.24. The number of rotatable bonds is 4. The van der Waals surface area contributed by atoms with E-state index >= 15 is 0 Å². The Bertz CT molecular complexity index is 1160. The second kappa shape index (κ2) is 7.10. The van der Waals surface area contributed by atoms with Crippen LogP contribution in [0.15, 0.2) is 53.1 Å². The summed E-state index contributed by atoms with van der Waals surface area (Å²) in [4.78, 5) is 4.34. The van der Waals surface area contributed by atoms with E-state index in [1.165, 1.54) is 12.1 Å². The largest absolute Gasteiger partial charge is 0.497 e. The van der Waals surface area contributed by atoms with Gasteiger partial charge in [0.25, 0.3) is 5.89 Å². The van der Waals surface area contributed by atoms with Gasteiger partial charge in [-0.3, -0.25) is 0 Å². The molecule has 9 heteroatoms. The summed E-state index contributed by atoms with van der Waals surface area (Å²) in [6, 6.07) is 13.7. The molecule has 0 bridgehead atoms. The number of benzene rings is 2.